The number of rotatable bonds is 4. The first kappa shape index (κ1) is 54.9. The second kappa shape index (κ2) is 21.9. The minimum Gasteiger partial charge on any atom is -0.508 e. The Balaban J connectivity index is 0.000000920. The third-order valence-electron chi connectivity index (χ3n) is 13.8. The summed E-state index contributed by atoms with van der Waals surface area (Å²) >= 11 is 0. The Morgan fingerprint density at radius 3 is 2.09 bits per heavy atom. The molecule has 7 rings (SSSR count). The average molecular weight is 974 g/mol. The number of carbonyl (C=O) groups is 4. The van der Waals surface area contributed by atoms with Gasteiger partial charge in [0.05, 0.1) is 47.1 Å². The number of carbonyl (C=O) groups excluding carboxylic acids is 4. The minimum atomic E-state index is -1.97. The molecule has 1 saturated heterocycles. The molecule has 0 aromatic heterocycles. The van der Waals surface area contributed by atoms with Crippen LogP contribution in [0.1, 0.15) is 107 Å². The molecule has 2 aromatic rings. The molecular formula is C52H71N5O13. The van der Waals surface area contributed by atoms with Crippen LogP contribution >= 0.6 is 0 Å². The van der Waals surface area contributed by atoms with Gasteiger partial charge in [-0.3, -0.25) is 24.2 Å². The zero-order chi connectivity index (χ0) is 50.9. The number of aliphatic hydroxyl groups is 2. The number of phenols is 3. The van der Waals surface area contributed by atoms with Crippen molar-refractivity contribution in [1.82, 2.24) is 21.7 Å². The SMILES string of the molecule is CO[C@H]1/C=C/O[C@@]2(C)Oc3c(C)c(O)c4c(c3C2=O)C2=NC3(CCN(CC(C)C)CC3)NC2=C(NC(=O)/C(C)=C\C=C\[C@H](C)[C@H](O)[C@@H](C)[C@@H](O)[C@@H](C)[C@H](OC(C)=O)[C@@H]1C)C4=O.N.Oc1ccc(O)cc1. The van der Waals surface area contributed by atoms with Crippen LogP contribution in [0.25, 0.3) is 0 Å². The number of aromatic hydroxyl groups is 3. The Kier molecular flexibility index (Phi) is 17.2. The van der Waals surface area contributed by atoms with Gasteiger partial charge in [-0.15, -0.1) is 0 Å². The van der Waals surface area contributed by atoms with Crippen LogP contribution in [0.15, 0.2) is 76.8 Å². The maximum atomic E-state index is 14.7. The van der Waals surface area contributed by atoms with Crippen molar-refractivity contribution in [3.05, 3.63) is 94.1 Å². The lowest BCUT2D eigenvalue weighted by molar-refractivity contribution is -0.160. The molecule has 4 heterocycles. The first-order valence-electron chi connectivity index (χ1n) is 23.5. The third-order valence-corrected chi connectivity index (χ3v) is 13.8. The van der Waals surface area contributed by atoms with Crippen LogP contribution in [-0.2, 0) is 23.8 Å². The van der Waals surface area contributed by atoms with Gasteiger partial charge in [0.2, 0.25) is 5.78 Å². The molecule has 18 nitrogen and oxygen atoms in total. The molecule has 5 bridgehead atoms. The number of Topliss-reactive ketones (excluding diaryl/α,β-unsaturated/α-hetero) is 2. The second-order valence-electron chi connectivity index (χ2n) is 19.5. The molecule has 9 atom stereocenters. The molecule has 0 saturated carbocycles. The topological polar surface area (TPSA) is 281 Å². The Bertz CT molecular complexity index is 2450. The van der Waals surface area contributed by atoms with Gasteiger partial charge in [0, 0.05) is 93.8 Å². The molecule has 0 unspecified atom stereocenters. The smallest absolute Gasteiger partial charge is 0.312 e. The van der Waals surface area contributed by atoms with Crippen molar-refractivity contribution in [3.8, 4) is 23.0 Å². The summed E-state index contributed by atoms with van der Waals surface area (Å²) in [6, 6.07) is 5.70. The highest BCUT2D eigenvalue weighted by molar-refractivity contribution is 6.34. The lowest BCUT2D eigenvalue weighted by Gasteiger charge is -2.38. The van der Waals surface area contributed by atoms with E-state index in [1.165, 1.54) is 58.4 Å². The van der Waals surface area contributed by atoms with Crippen LogP contribution < -0.4 is 21.5 Å². The molecule has 0 radical (unpaired) electrons. The summed E-state index contributed by atoms with van der Waals surface area (Å²) < 4.78 is 24.0. The second-order valence-corrected chi connectivity index (χ2v) is 19.5. The first-order valence-corrected chi connectivity index (χ1v) is 23.5. The molecule has 18 heteroatoms. The van der Waals surface area contributed by atoms with Crippen molar-refractivity contribution in [3.63, 3.8) is 0 Å². The van der Waals surface area contributed by atoms with Crippen LogP contribution in [0.4, 0.5) is 0 Å². The first-order chi connectivity index (χ1) is 32.4. The largest absolute Gasteiger partial charge is 0.508 e. The Morgan fingerprint density at radius 1 is 0.900 bits per heavy atom. The molecular weight excluding hydrogens is 903 g/mol. The number of aliphatic imine (C=N–C) groups is 1. The van der Waals surface area contributed by atoms with E-state index in [1.54, 1.807) is 58.9 Å². The zero-order valence-electron chi connectivity index (χ0n) is 42.0. The van der Waals surface area contributed by atoms with E-state index in [4.69, 9.17) is 34.2 Å². The third kappa shape index (κ3) is 11.1. The molecule has 1 spiro atoms. The van der Waals surface area contributed by atoms with Crippen LogP contribution in [-0.4, -0.2) is 122 Å². The number of allylic oxidation sites excluding steroid dienone is 4. The maximum absolute atomic E-state index is 14.7. The van der Waals surface area contributed by atoms with Crippen molar-refractivity contribution in [1.29, 1.82) is 0 Å². The number of phenolic OH excluding ortho intramolecular Hbond substituents is 3. The molecule has 382 valence electrons. The van der Waals surface area contributed by atoms with Gasteiger partial charge < -0.3 is 66.2 Å². The fourth-order valence-electron chi connectivity index (χ4n) is 9.73. The summed E-state index contributed by atoms with van der Waals surface area (Å²) in [5, 5.41) is 58.3. The highest BCUT2D eigenvalue weighted by atomic mass is 16.7. The number of piperidine rings is 1. The Morgan fingerprint density at radius 2 is 1.51 bits per heavy atom. The van der Waals surface area contributed by atoms with E-state index in [0.717, 1.165) is 19.6 Å². The zero-order valence-corrected chi connectivity index (χ0v) is 42.0. The number of ether oxygens (including phenoxy) is 4. The number of likely N-dealkylation sites (tertiary alicyclic amines) is 1. The predicted octanol–water partition coefficient (Wildman–Crippen LogP) is 5.88. The number of fused-ring (bicyclic) bond motifs is 3. The van der Waals surface area contributed by atoms with E-state index in [-0.39, 0.29) is 68.3 Å². The van der Waals surface area contributed by atoms with E-state index in [2.05, 4.69) is 29.4 Å². The van der Waals surface area contributed by atoms with Crippen molar-refractivity contribution in [2.45, 2.75) is 118 Å². The van der Waals surface area contributed by atoms with Crippen LogP contribution in [0.5, 0.6) is 23.0 Å². The van der Waals surface area contributed by atoms with Gasteiger partial charge in [-0.25, -0.2) is 0 Å². The van der Waals surface area contributed by atoms with Crippen molar-refractivity contribution >= 4 is 29.2 Å². The summed E-state index contributed by atoms with van der Waals surface area (Å²) in [4.78, 5) is 63.3. The van der Waals surface area contributed by atoms with E-state index < -0.39 is 88.7 Å². The molecule has 1 aliphatic carbocycles. The molecule has 2 aromatic carbocycles. The number of nitrogens with one attached hydrogen (secondary N) is 2. The maximum Gasteiger partial charge on any atom is 0.312 e. The van der Waals surface area contributed by atoms with Gasteiger partial charge in [-0.05, 0) is 50.1 Å². The lowest BCUT2D eigenvalue weighted by Crippen LogP contribution is -2.50. The number of benzene rings is 2. The quantitative estimate of drug-likeness (QED) is 0.131. The van der Waals surface area contributed by atoms with Gasteiger partial charge in [0.15, 0.2) is 0 Å². The monoisotopic (exact) mass is 974 g/mol. The van der Waals surface area contributed by atoms with Crippen LogP contribution in [0, 0.1) is 36.5 Å². The van der Waals surface area contributed by atoms with Gasteiger partial charge >= 0.3 is 11.8 Å². The van der Waals surface area contributed by atoms with Gasteiger partial charge in [-0.2, -0.15) is 0 Å². The molecule has 4 aliphatic heterocycles. The van der Waals surface area contributed by atoms with Crippen LogP contribution in [0.2, 0.25) is 0 Å². The number of amides is 1. The summed E-state index contributed by atoms with van der Waals surface area (Å²) in [5.74, 6) is -6.44. The van der Waals surface area contributed by atoms with Gasteiger partial charge in [0.1, 0.15) is 40.5 Å². The van der Waals surface area contributed by atoms with E-state index >= 15 is 0 Å². The number of hydrogen-bond donors (Lipinski definition) is 8. The molecule has 1 fully saturated rings. The standard InChI is InChI=1S/C46H62N4O11.C6H6O2.H3N/c1-22(2)21-50-18-16-46(17-19-50)48-34-31-32-39(54)28(8)42-33(31)43(56)45(10,61-42)59-20-15-30(58-11)25(5)41(60-29(9)51)27(7)38(53)26(6)37(52)23(3)13-12-14-24(4)44(57)47-36(40(32)55)35(34)49-46;7-5-1-2-6(8)4-3-5;/h12-15,20,22-23,25-27,30,37-38,41,49,52-54H,16-19,21H2,1-11H3,(H,47,57);1-4,7-8H;1H3/b13-12+,20-15+,24-14-;;/t23-,25+,26+,27+,30-,37-,38+,41+,45-;;/m0../s1. The fourth-order valence-corrected chi connectivity index (χ4v) is 9.73. The van der Waals surface area contributed by atoms with Gasteiger partial charge in [-0.1, -0.05) is 59.8 Å². The normalized spacial score (nSPS) is 30.5. The number of esters is 1. The molecule has 10 N–H and O–H groups in total. The van der Waals surface area contributed by atoms with E-state index in [0.29, 0.717) is 18.8 Å². The van der Waals surface area contributed by atoms with Gasteiger partial charge in [0.25, 0.3) is 11.7 Å². The Labute approximate surface area is 409 Å². The van der Waals surface area contributed by atoms with Crippen molar-refractivity contribution in [2.24, 2.45) is 34.6 Å². The Hall–Kier alpha value is -6.05. The molecule has 5 aliphatic rings. The molecule has 70 heavy (non-hydrogen) atoms. The minimum absolute atomic E-state index is 0. The lowest BCUT2D eigenvalue weighted by atomic mass is 9.78. The van der Waals surface area contributed by atoms with Crippen molar-refractivity contribution in [2.75, 3.05) is 26.7 Å². The summed E-state index contributed by atoms with van der Waals surface area (Å²) in [6.07, 6.45) is 5.06. The summed E-state index contributed by atoms with van der Waals surface area (Å²) in [6.45, 7) is 19.5. The predicted molar refractivity (Wildman–Crippen MR) is 262 cm³/mol. The summed E-state index contributed by atoms with van der Waals surface area (Å²) in [7, 11) is 1.46. The highest BCUT2D eigenvalue weighted by Crippen LogP contribution is 2.50. The average Bonchev–Trinajstić information content (AvgIpc) is 3.80. The number of ketones is 2. The summed E-state index contributed by atoms with van der Waals surface area (Å²) in [5.41, 5.74) is -0.192. The van der Waals surface area contributed by atoms with E-state index in [9.17, 15) is 34.5 Å². The van der Waals surface area contributed by atoms with Crippen molar-refractivity contribution < 1.29 is 63.7 Å². The number of methoxy groups -OCH3 is 1. The van der Waals surface area contributed by atoms with Crippen LogP contribution in [0.3, 0.4) is 0 Å². The number of nitrogens with zero attached hydrogens (tertiary/aromatic N) is 2. The molecule has 1 amide bonds. The van der Waals surface area contributed by atoms with E-state index in [1.807, 2.05) is 0 Å². The number of aliphatic hydroxyl groups excluding tert-OH is 2. The fraction of sp³-hybridized carbons (Fsp3) is 0.519. The highest BCUT2D eigenvalue weighted by Gasteiger charge is 2.54. The number of hydrogen-bond acceptors (Lipinski definition) is 17.